The fourth-order valence-corrected chi connectivity index (χ4v) is 1.66. The van der Waals surface area contributed by atoms with Crippen LogP contribution in [0, 0.1) is 6.92 Å². The monoisotopic (exact) mass is 160 g/mol. The molecular formula is C11H17B. The van der Waals surface area contributed by atoms with Crippen molar-refractivity contribution in [3.8, 4) is 0 Å². The van der Waals surface area contributed by atoms with Crippen LogP contribution in [0.25, 0.3) is 0 Å². The van der Waals surface area contributed by atoms with Gasteiger partial charge in [0.15, 0.2) is 0 Å². The number of aryl methyl sites for hydroxylation is 1. The Morgan fingerprint density at radius 2 is 1.75 bits per heavy atom. The van der Waals surface area contributed by atoms with Crippen molar-refractivity contribution in [3.63, 3.8) is 0 Å². The molecule has 0 aliphatic carbocycles. The van der Waals surface area contributed by atoms with Gasteiger partial charge < -0.3 is 0 Å². The van der Waals surface area contributed by atoms with E-state index >= 15 is 0 Å². The molecule has 12 heavy (non-hydrogen) atoms. The average Bonchev–Trinajstić information content (AvgIpc) is 1.83. The molecule has 0 aromatic heterocycles. The molecule has 1 aromatic carbocycles. The smallest absolute Gasteiger partial charge is 0.0887 e. The van der Waals surface area contributed by atoms with Crippen molar-refractivity contribution in [2.24, 2.45) is 0 Å². The zero-order chi connectivity index (χ0) is 9.35. The van der Waals surface area contributed by atoms with Crippen molar-refractivity contribution in [1.82, 2.24) is 0 Å². The molecule has 0 saturated carbocycles. The molecule has 0 heterocycles. The number of hydrogen-bond acceptors (Lipinski definition) is 0. The molecule has 0 aliphatic rings. The number of rotatable bonds is 0. The van der Waals surface area contributed by atoms with E-state index in [1.165, 1.54) is 16.6 Å². The van der Waals surface area contributed by atoms with Crippen molar-refractivity contribution >= 4 is 13.3 Å². The summed E-state index contributed by atoms with van der Waals surface area (Å²) in [5, 5.41) is 0. The molecule has 0 spiro atoms. The van der Waals surface area contributed by atoms with Crippen LogP contribution in [0.2, 0.25) is 0 Å². The van der Waals surface area contributed by atoms with E-state index in [1.807, 2.05) is 0 Å². The normalized spacial score (nSPS) is 11.7. The SMILES string of the molecule is Bc1ccc(C(C)(C)C)c(C)c1. The van der Waals surface area contributed by atoms with Gasteiger partial charge in [-0.3, -0.25) is 0 Å². The first-order valence-electron chi connectivity index (χ1n) is 4.49. The fourth-order valence-electron chi connectivity index (χ4n) is 1.66. The molecule has 1 aromatic rings. The Morgan fingerprint density at radius 3 is 2.17 bits per heavy atom. The molecule has 1 rings (SSSR count). The van der Waals surface area contributed by atoms with E-state index in [2.05, 4.69) is 53.7 Å². The summed E-state index contributed by atoms with van der Waals surface area (Å²) in [6, 6.07) is 6.68. The highest BCUT2D eigenvalue weighted by atomic mass is 14.2. The lowest BCUT2D eigenvalue weighted by atomic mass is 9.81. The second kappa shape index (κ2) is 2.97. The third kappa shape index (κ3) is 1.91. The van der Waals surface area contributed by atoms with Crippen LogP contribution in [0.15, 0.2) is 18.2 Å². The van der Waals surface area contributed by atoms with Crippen LogP contribution in [0.5, 0.6) is 0 Å². The summed E-state index contributed by atoms with van der Waals surface area (Å²) in [6.45, 7) is 8.95. The van der Waals surface area contributed by atoms with E-state index in [4.69, 9.17) is 0 Å². The second-order valence-electron chi connectivity index (χ2n) is 4.57. The van der Waals surface area contributed by atoms with Crippen molar-refractivity contribution in [1.29, 1.82) is 0 Å². The quantitative estimate of drug-likeness (QED) is 0.505. The molecule has 1 heteroatoms. The Bertz CT molecular complexity index is 282. The summed E-state index contributed by atoms with van der Waals surface area (Å²) in [6.07, 6.45) is 0. The first-order chi connectivity index (χ1) is 5.41. The topological polar surface area (TPSA) is 0 Å². The van der Waals surface area contributed by atoms with Gasteiger partial charge in [-0.1, -0.05) is 44.4 Å². The lowest BCUT2D eigenvalue weighted by molar-refractivity contribution is 0.586. The van der Waals surface area contributed by atoms with Crippen molar-refractivity contribution in [3.05, 3.63) is 29.3 Å². The van der Waals surface area contributed by atoms with Crippen molar-refractivity contribution in [2.75, 3.05) is 0 Å². The molecule has 0 fully saturated rings. The van der Waals surface area contributed by atoms with Gasteiger partial charge in [0.05, 0.1) is 0 Å². The minimum atomic E-state index is 0.276. The van der Waals surface area contributed by atoms with Crippen molar-refractivity contribution in [2.45, 2.75) is 33.1 Å². The van der Waals surface area contributed by atoms with E-state index in [-0.39, 0.29) is 5.41 Å². The lowest BCUT2D eigenvalue weighted by Crippen LogP contribution is -2.15. The van der Waals surface area contributed by atoms with E-state index in [0.717, 1.165) is 0 Å². The van der Waals surface area contributed by atoms with E-state index in [0.29, 0.717) is 0 Å². The van der Waals surface area contributed by atoms with Gasteiger partial charge in [-0.25, -0.2) is 0 Å². The highest BCUT2D eigenvalue weighted by molar-refractivity contribution is 6.32. The summed E-state index contributed by atoms with van der Waals surface area (Å²) in [5.74, 6) is 0. The zero-order valence-corrected chi connectivity index (χ0v) is 8.73. The van der Waals surface area contributed by atoms with E-state index in [9.17, 15) is 0 Å². The van der Waals surface area contributed by atoms with Gasteiger partial charge in [-0.2, -0.15) is 0 Å². The molecule has 0 unspecified atom stereocenters. The molecule has 0 amide bonds. The van der Waals surface area contributed by atoms with Crippen LogP contribution >= 0.6 is 0 Å². The Kier molecular flexibility index (Phi) is 2.32. The largest absolute Gasteiger partial charge is 0.139 e. The molecule has 0 bridgehead atoms. The summed E-state index contributed by atoms with van der Waals surface area (Å²) >= 11 is 0. The minimum Gasteiger partial charge on any atom is -0.0887 e. The third-order valence-electron chi connectivity index (χ3n) is 2.19. The molecule has 0 nitrogen and oxygen atoms in total. The second-order valence-corrected chi connectivity index (χ2v) is 4.57. The lowest BCUT2D eigenvalue weighted by Gasteiger charge is -2.21. The predicted octanol–water partition coefficient (Wildman–Crippen LogP) is 1.55. The van der Waals surface area contributed by atoms with Crippen LogP contribution in [0.3, 0.4) is 0 Å². The van der Waals surface area contributed by atoms with Gasteiger partial charge in [0.25, 0.3) is 0 Å². The van der Waals surface area contributed by atoms with Crippen LogP contribution in [0.1, 0.15) is 31.9 Å². The highest BCUT2D eigenvalue weighted by Gasteiger charge is 2.15. The van der Waals surface area contributed by atoms with Crippen LogP contribution < -0.4 is 5.46 Å². The van der Waals surface area contributed by atoms with Gasteiger partial charge in [0, 0.05) is 0 Å². The summed E-state index contributed by atoms with van der Waals surface area (Å²) in [7, 11) is 2.14. The first kappa shape index (κ1) is 9.37. The van der Waals surface area contributed by atoms with Crippen LogP contribution in [0.4, 0.5) is 0 Å². The fraction of sp³-hybridized carbons (Fsp3) is 0.455. The average molecular weight is 160 g/mol. The zero-order valence-electron chi connectivity index (χ0n) is 8.73. The maximum absolute atomic E-state index is 2.25. The van der Waals surface area contributed by atoms with Gasteiger partial charge in [-0.15, -0.1) is 0 Å². The van der Waals surface area contributed by atoms with Gasteiger partial charge in [0.1, 0.15) is 7.85 Å². The van der Waals surface area contributed by atoms with Gasteiger partial charge in [-0.05, 0) is 23.5 Å². The number of hydrogen-bond donors (Lipinski definition) is 0. The summed E-state index contributed by atoms with van der Waals surface area (Å²) in [5.41, 5.74) is 4.48. The Labute approximate surface area is 76.4 Å². The molecule has 0 N–H and O–H groups in total. The molecule has 0 aliphatic heterocycles. The first-order valence-corrected chi connectivity index (χ1v) is 4.49. The Hall–Kier alpha value is -0.715. The highest BCUT2D eigenvalue weighted by Crippen LogP contribution is 2.24. The molecule has 0 atom stereocenters. The maximum Gasteiger partial charge on any atom is 0.139 e. The Morgan fingerprint density at radius 1 is 1.17 bits per heavy atom. The van der Waals surface area contributed by atoms with Gasteiger partial charge >= 0.3 is 0 Å². The maximum atomic E-state index is 2.25. The minimum absolute atomic E-state index is 0.276. The summed E-state index contributed by atoms with van der Waals surface area (Å²) in [4.78, 5) is 0. The summed E-state index contributed by atoms with van der Waals surface area (Å²) < 4.78 is 0. The van der Waals surface area contributed by atoms with Gasteiger partial charge in [0.2, 0.25) is 0 Å². The van der Waals surface area contributed by atoms with Crippen molar-refractivity contribution < 1.29 is 0 Å². The van der Waals surface area contributed by atoms with E-state index in [1.54, 1.807) is 0 Å². The predicted molar refractivity (Wildman–Crippen MR) is 58.1 cm³/mol. The molecule has 0 radical (unpaired) electrons. The standard InChI is InChI=1S/C11H17B/c1-8-7-9(12)5-6-10(8)11(2,3)4/h5-7H,12H2,1-4H3. The Balaban J connectivity index is 3.19. The van der Waals surface area contributed by atoms with Crippen LogP contribution in [-0.2, 0) is 5.41 Å². The number of benzene rings is 1. The molecule has 64 valence electrons. The molecule has 0 saturated heterocycles. The van der Waals surface area contributed by atoms with E-state index < -0.39 is 0 Å². The third-order valence-corrected chi connectivity index (χ3v) is 2.19. The molecular weight excluding hydrogens is 143 g/mol. The van der Waals surface area contributed by atoms with Crippen LogP contribution in [-0.4, -0.2) is 7.85 Å².